The lowest BCUT2D eigenvalue weighted by atomic mass is 10.2. The molecule has 0 saturated carbocycles. The molecule has 0 aliphatic carbocycles. The van der Waals surface area contributed by atoms with Gasteiger partial charge < -0.3 is 10.8 Å². The van der Waals surface area contributed by atoms with E-state index in [-0.39, 0.29) is 32.6 Å². The van der Waals surface area contributed by atoms with Crippen molar-refractivity contribution in [1.29, 1.82) is 5.26 Å². The zero-order valence-electron chi connectivity index (χ0n) is 10.5. The minimum atomic E-state index is -3.96. The first-order valence-electron chi connectivity index (χ1n) is 5.64. The molecule has 0 aliphatic rings. The Kier molecular flexibility index (Phi) is 3.93. The van der Waals surface area contributed by atoms with Crippen LogP contribution < -0.4 is 10.5 Å². The summed E-state index contributed by atoms with van der Waals surface area (Å²) >= 11 is 5.88. The fraction of sp³-hybridized carbons (Fsp3) is 0. The summed E-state index contributed by atoms with van der Waals surface area (Å²) in [7, 11) is -3.96. The molecule has 2 rings (SSSR count). The lowest BCUT2D eigenvalue weighted by Gasteiger charge is -2.11. The summed E-state index contributed by atoms with van der Waals surface area (Å²) in [6, 6.07) is 9.56. The minimum Gasteiger partial charge on any atom is -0.508 e. The molecule has 0 bridgehead atoms. The third-order valence-corrected chi connectivity index (χ3v) is 4.48. The van der Waals surface area contributed by atoms with Gasteiger partial charge >= 0.3 is 0 Å². The van der Waals surface area contributed by atoms with Gasteiger partial charge in [-0.15, -0.1) is 0 Å². The van der Waals surface area contributed by atoms with Crippen LogP contribution in [0.3, 0.4) is 0 Å². The molecule has 2 aromatic rings. The van der Waals surface area contributed by atoms with Crippen molar-refractivity contribution in [2.45, 2.75) is 4.90 Å². The average Bonchev–Trinajstić information content (AvgIpc) is 2.41. The van der Waals surface area contributed by atoms with Crippen LogP contribution in [0.4, 0.5) is 11.4 Å². The Morgan fingerprint density at radius 1 is 1.24 bits per heavy atom. The molecular formula is C13H10ClN3O3S. The highest BCUT2D eigenvalue weighted by Crippen LogP contribution is 2.28. The predicted octanol–water partition coefficient (Wildman–Crippen LogP) is 2.30. The Balaban J connectivity index is 2.41. The van der Waals surface area contributed by atoms with Crippen molar-refractivity contribution in [1.82, 2.24) is 0 Å². The van der Waals surface area contributed by atoms with E-state index in [1.807, 2.05) is 6.07 Å². The summed E-state index contributed by atoms with van der Waals surface area (Å²) in [6.07, 6.45) is 0. The van der Waals surface area contributed by atoms with E-state index in [9.17, 15) is 13.5 Å². The molecule has 8 heteroatoms. The molecule has 2 aromatic carbocycles. The Morgan fingerprint density at radius 2 is 1.95 bits per heavy atom. The highest BCUT2D eigenvalue weighted by molar-refractivity contribution is 7.92. The smallest absolute Gasteiger partial charge is 0.263 e. The van der Waals surface area contributed by atoms with Crippen molar-refractivity contribution >= 4 is 33.0 Å². The maximum Gasteiger partial charge on any atom is 0.263 e. The molecule has 0 amide bonds. The standard InChI is InChI=1S/C13H10ClN3O3S/c14-10-5-8(7-15)1-4-13(10)21(19,20)17-12-3-2-9(18)6-11(12)16/h1-6,17-18H,16H2. The van der Waals surface area contributed by atoms with E-state index in [2.05, 4.69) is 4.72 Å². The van der Waals surface area contributed by atoms with E-state index < -0.39 is 10.0 Å². The fourth-order valence-electron chi connectivity index (χ4n) is 1.63. The van der Waals surface area contributed by atoms with Crippen molar-refractivity contribution in [2.75, 3.05) is 10.5 Å². The zero-order valence-corrected chi connectivity index (χ0v) is 12.1. The van der Waals surface area contributed by atoms with Crippen LogP contribution in [0.2, 0.25) is 5.02 Å². The molecule has 0 heterocycles. The van der Waals surface area contributed by atoms with E-state index in [1.54, 1.807) is 0 Å². The second kappa shape index (κ2) is 5.52. The van der Waals surface area contributed by atoms with Gasteiger partial charge in [0.2, 0.25) is 0 Å². The van der Waals surface area contributed by atoms with Gasteiger partial charge in [-0.05, 0) is 30.3 Å². The maximum atomic E-state index is 12.3. The molecule has 0 fully saturated rings. The van der Waals surface area contributed by atoms with Crippen molar-refractivity contribution in [3.05, 3.63) is 47.0 Å². The summed E-state index contributed by atoms with van der Waals surface area (Å²) in [4.78, 5) is -0.171. The number of benzene rings is 2. The molecule has 6 nitrogen and oxygen atoms in total. The first-order valence-corrected chi connectivity index (χ1v) is 7.50. The normalized spacial score (nSPS) is 10.9. The van der Waals surface area contributed by atoms with Crippen LogP contribution in [-0.2, 0) is 10.0 Å². The highest BCUT2D eigenvalue weighted by Gasteiger charge is 2.19. The maximum absolute atomic E-state index is 12.3. The first kappa shape index (κ1) is 15.0. The minimum absolute atomic E-state index is 0.0705. The second-order valence-electron chi connectivity index (χ2n) is 4.13. The van der Waals surface area contributed by atoms with E-state index in [1.165, 1.54) is 36.4 Å². The summed E-state index contributed by atoms with van der Waals surface area (Å²) in [5, 5.41) is 17.9. The molecule has 21 heavy (non-hydrogen) atoms. The number of anilines is 2. The number of nitriles is 1. The van der Waals surface area contributed by atoms with Gasteiger partial charge in [-0.1, -0.05) is 11.6 Å². The number of aromatic hydroxyl groups is 1. The van der Waals surface area contributed by atoms with Gasteiger partial charge in [-0.25, -0.2) is 8.42 Å². The molecular weight excluding hydrogens is 314 g/mol. The van der Waals surface area contributed by atoms with Crippen LogP contribution in [0, 0.1) is 11.3 Å². The topological polar surface area (TPSA) is 116 Å². The van der Waals surface area contributed by atoms with E-state index in [4.69, 9.17) is 22.6 Å². The van der Waals surface area contributed by atoms with Crippen molar-refractivity contribution in [3.8, 4) is 11.8 Å². The summed E-state index contributed by atoms with van der Waals surface area (Å²) < 4.78 is 26.8. The number of halogens is 1. The van der Waals surface area contributed by atoms with E-state index in [0.717, 1.165) is 0 Å². The molecule has 0 aromatic heterocycles. The molecule has 0 saturated heterocycles. The summed E-state index contributed by atoms with van der Waals surface area (Å²) in [5.41, 5.74) is 6.07. The number of rotatable bonds is 3. The quantitative estimate of drug-likeness (QED) is 0.592. The molecule has 108 valence electrons. The van der Waals surface area contributed by atoms with Gasteiger partial charge in [0.1, 0.15) is 10.6 Å². The van der Waals surface area contributed by atoms with Gasteiger partial charge in [-0.2, -0.15) is 5.26 Å². The van der Waals surface area contributed by atoms with Crippen molar-refractivity contribution in [3.63, 3.8) is 0 Å². The number of sulfonamides is 1. The summed E-state index contributed by atoms with van der Waals surface area (Å²) in [6.45, 7) is 0. The lowest BCUT2D eigenvalue weighted by molar-refractivity contribution is 0.475. The largest absolute Gasteiger partial charge is 0.508 e. The van der Waals surface area contributed by atoms with Gasteiger partial charge in [0.05, 0.1) is 28.0 Å². The fourth-order valence-corrected chi connectivity index (χ4v) is 3.26. The number of phenolic OH excluding ortho intramolecular Hbond substituents is 1. The zero-order chi connectivity index (χ0) is 15.6. The monoisotopic (exact) mass is 323 g/mol. The van der Waals surface area contributed by atoms with Gasteiger partial charge in [0, 0.05) is 6.07 Å². The molecule has 0 radical (unpaired) electrons. The van der Waals surface area contributed by atoms with Crippen LogP contribution in [-0.4, -0.2) is 13.5 Å². The van der Waals surface area contributed by atoms with Crippen LogP contribution in [0.25, 0.3) is 0 Å². The Hall–Kier alpha value is -2.43. The third kappa shape index (κ3) is 3.18. The highest BCUT2D eigenvalue weighted by atomic mass is 35.5. The third-order valence-electron chi connectivity index (χ3n) is 2.63. The Morgan fingerprint density at radius 3 is 2.52 bits per heavy atom. The molecule has 4 N–H and O–H groups in total. The van der Waals surface area contributed by atoms with Crippen LogP contribution >= 0.6 is 11.6 Å². The Bertz CT molecular complexity index is 844. The van der Waals surface area contributed by atoms with E-state index in [0.29, 0.717) is 0 Å². The van der Waals surface area contributed by atoms with Gasteiger partial charge in [0.25, 0.3) is 10.0 Å². The van der Waals surface area contributed by atoms with E-state index >= 15 is 0 Å². The summed E-state index contributed by atoms with van der Waals surface area (Å²) in [5.74, 6) is -0.0770. The molecule has 0 atom stereocenters. The average molecular weight is 324 g/mol. The molecule has 0 aliphatic heterocycles. The number of nitrogen functional groups attached to an aromatic ring is 1. The van der Waals surface area contributed by atoms with Crippen molar-refractivity contribution < 1.29 is 13.5 Å². The predicted molar refractivity (Wildman–Crippen MR) is 79.5 cm³/mol. The number of phenols is 1. The number of nitrogens with two attached hydrogens (primary N) is 1. The number of nitrogens with one attached hydrogen (secondary N) is 1. The molecule has 0 unspecified atom stereocenters. The first-order chi connectivity index (χ1) is 9.83. The van der Waals surface area contributed by atoms with Crippen LogP contribution in [0.1, 0.15) is 5.56 Å². The Labute approximate surface area is 126 Å². The second-order valence-corrected chi connectivity index (χ2v) is 6.19. The lowest BCUT2D eigenvalue weighted by Crippen LogP contribution is -2.14. The number of nitrogens with zero attached hydrogens (tertiary/aromatic N) is 1. The number of hydrogen-bond donors (Lipinski definition) is 3. The van der Waals surface area contributed by atoms with Crippen LogP contribution in [0.5, 0.6) is 5.75 Å². The van der Waals surface area contributed by atoms with Crippen molar-refractivity contribution in [2.24, 2.45) is 0 Å². The van der Waals surface area contributed by atoms with Gasteiger partial charge in [-0.3, -0.25) is 4.72 Å². The molecule has 0 spiro atoms. The number of hydrogen-bond acceptors (Lipinski definition) is 5. The van der Waals surface area contributed by atoms with Gasteiger partial charge in [0.15, 0.2) is 0 Å². The SMILES string of the molecule is N#Cc1ccc(S(=O)(=O)Nc2ccc(O)cc2N)c(Cl)c1. The van der Waals surface area contributed by atoms with Crippen LogP contribution in [0.15, 0.2) is 41.3 Å².